The van der Waals surface area contributed by atoms with Crippen LogP contribution in [0.15, 0.2) is 36.7 Å². The van der Waals surface area contributed by atoms with Gasteiger partial charge in [-0.25, -0.2) is 0 Å². The second-order valence-corrected chi connectivity index (χ2v) is 4.32. The third-order valence-corrected chi connectivity index (χ3v) is 2.98. The molecule has 2 rings (SSSR count). The molecule has 100 valence electrons. The van der Waals surface area contributed by atoms with E-state index in [2.05, 4.69) is 15.4 Å². The Morgan fingerprint density at radius 1 is 1.26 bits per heavy atom. The average Bonchev–Trinajstić information content (AvgIpc) is 2.46. The number of hydrazine groups is 1. The Morgan fingerprint density at radius 2 is 2.05 bits per heavy atom. The minimum Gasteiger partial charge on any atom is -0.496 e. The lowest BCUT2D eigenvalue weighted by molar-refractivity contribution is 0.405. The summed E-state index contributed by atoms with van der Waals surface area (Å²) in [6.07, 6.45) is 4.18. The van der Waals surface area contributed by atoms with Crippen molar-refractivity contribution in [2.45, 2.75) is 19.4 Å². The molecule has 0 saturated carbocycles. The van der Waals surface area contributed by atoms with Gasteiger partial charge in [-0.3, -0.25) is 21.2 Å². The molecule has 0 amide bonds. The molecule has 1 unspecified atom stereocenters. The van der Waals surface area contributed by atoms with E-state index in [9.17, 15) is 0 Å². The van der Waals surface area contributed by atoms with Crippen LogP contribution in [0.5, 0.6) is 5.75 Å². The van der Waals surface area contributed by atoms with Gasteiger partial charge in [-0.1, -0.05) is 18.2 Å². The van der Waals surface area contributed by atoms with Gasteiger partial charge in [0.1, 0.15) is 5.75 Å². The fourth-order valence-corrected chi connectivity index (χ4v) is 1.92. The van der Waals surface area contributed by atoms with E-state index in [-0.39, 0.29) is 6.04 Å². The summed E-state index contributed by atoms with van der Waals surface area (Å²) in [7, 11) is 1.66. The van der Waals surface area contributed by atoms with Gasteiger partial charge in [0.2, 0.25) is 0 Å². The Bertz CT molecular complexity index is 527. The molecule has 0 spiro atoms. The van der Waals surface area contributed by atoms with Crippen molar-refractivity contribution in [1.82, 2.24) is 15.4 Å². The average molecular weight is 258 g/mol. The molecule has 0 saturated heterocycles. The largest absolute Gasteiger partial charge is 0.496 e. The molecule has 2 aromatic rings. The van der Waals surface area contributed by atoms with Gasteiger partial charge < -0.3 is 4.74 Å². The third kappa shape index (κ3) is 3.27. The van der Waals surface area contributed by atoms with E-state index in [1.807, 2.05) is 31.2 Å². The van der Waals surface area contributed by atoms with E-state index >= 15 is 0 Å². The molecule has 0 aliphatic carbocycles. The first-order valence-corrected chi connectivity index (χ1v) is 6.11. The molecule has 0 aliphatic rings. The minimum absolute atomic E-state index is 0.0931. The van der Waals surface area contributed by atoms with Gasteiger partial charge in [-0.05, 0) is 25.0 Å². The van der Waals surface area contributed by atoms with Crippen LogP contribution in [-0.4, -0.2) is 17.1 Å². The lowest BCUT2D eigenvalue weighted by Crippen LogP contribution is -2.30. The Balaban J connectivity index is 2.21. The van der Waals surface area contributed by atoms with E-state index in [0.717, 1.165) is 22.7 Å². The number of aryl methyl sites for hydroxylation is 1. The Kier molecular flexibility index (Phi) is 4.43. The van der Waals surface area contributed by atoms with Gasteiger partial charge in [-0.15, -0.1) is 0 Å². The number of benzene rings is 1. The number of para-hydroxylation sites is 1. The van der Waals surface area contributed by atoms with Crippen LogP contribution in [-0.2, 0) is 6.42 Å². The van der Waals surface area contributed by atoms with E-state index in [0.29, 0.717) is 6.42 Å². The summed E-state index contributed by atoms with van der Waals surface area (Å²) in [4.78, 5) is 8.60. The van der Waals surface area contributed by atoms with Crippen molar-refractivity contribution in [3.05, 3.63) is 53.6 Å². The molecule has 0 fully saturated rings. The summed E-state index contributed by atoms with van der Waals surface area (Å²) in [5.41, 5.74) is 5.56. The second-order valence-electron chi connectivity index (χ2n) is 4.32. The topological polar surface area (TPSA) is 73.1 Å². The predicted molar refractivity (Wildman–Crippen MR) is 73.5 cm³/mol. The zero-order chi connectivity index (χ0) is 13.7. The van der Waals surface area contributed by atoms with Crippen molar-refractivity contribution in [3.8, 4) is 5.75 Å². The van der Waals surface area contributed by atoms with Gasteiger partial charge in [0, 0.05) is 6.20 Å². The maximum Gasteiger partial charge on any atom is 0.122 e. The summed E-state index contributed by atoms with van der Waals surface area (Å²) in [5, 5.41) is 0. The zero-order valence-electron chi connectivity index (χ0n) is 11.1. The molecule has 1 heterocycles. The van der Waals surface area contributed by atoms with Crippen LogP contribution < -0.4 is 16.0 Å². The molecule has 5 heteroatoms. The number of nitrogens with zero attached hydrogens (tertiary/aromatic N) is 2. The Hall–Kier alpha value is -1.98. The quantitative estimate of drug-likeness (QED) is 0.628. The van der Waals surface area contributed by atoms with Crippen molar-refractivity contribution in [1.29, 1.82) is 0 Å². The van der Waals surface area contributed by atoms with Gasteiger partial charge in [-0.2, -0.15) is 0 Å². The van der Waals surface area contributed by atoms with Crippen LogP contribution >= 0.6 is 0 Å². The molecule has 1 aromatic heterocycles. The summed E-state index contributed by atoms with van der Waals surface area (Å²) in [6, 6.07) is 7.78. The molecule has 0 aliphatic heterocycles. The van der Waals surface area contributed by atoms with Crippen molar-refractivity contribution >= 4 is 0 Å². The minimum atomic E-state index is -0.0931. The first-order chi connectivity index (χ1) is 9.24. The highest BCUT2D eigenvalue weighted by Crippen LogP contribution is 2.23. The number of hydrogen-bond donors (Lipinski definition) is 2. The molecule has 0 radical (unpaired) electrons. The zero-order valence-corrected chi connectivity index (χ0v) is 11.1. The highest BCUT2D eigenvalue weighted by molar-refractivity contribution is 5.34. The number of rotatable bonds is 5. The maximum absolute atomic E-state index is 5.62. The standard InChI is InChI=1S/C14H18N4O/c1-10-8-17-13(9-16-10)12(18-15)7-11-5-3-4-6-14(11)19-2/h3-6,8-9,12,18H,7,15H2,1-2H3. The van der Waals surface area contributed by atoms with Gasteiger partial charge in [0.15, 0.2) is 0 Å². The van der Waals surface area contributed by atoms with Crippen LogP contribution in [0, 0.1) is 6.92 Å². The summed E-state index contributed by atoms with van der Waals surface area (Å²) >= 11 is 0. The Morgan fingerprint density at radius 3 is 2.68 bits per heavy atom. The Labute approximate surface area is 112 Å². The van der Waals surface area contributed by atoms with Crippen molar-refractivity contribution in [2.75, 3.05) is 7.11 Å². The number of aromatic nitrogens is 2. The van der Waals surface area contributed by atoms with E-state index in [1.54, 1.807) is 19.5 Å². The molecular formula is C14H18N4O. The van der Waals surface area contributed by atoms with Gasteiger partial charge in [0.25, 0.3) is 0 Å². The number of methoxy groups -OCH3 is 1. The van der Waals surface area contributed by atoms with Crippen LogP contribution in [0.2, 0.25) is 0 Å². The summed E-state index contributed by atoms with van der Waals surface area (Å²) in [6.45, 7) is 1.90. The summed E-state index contributed by atoms with van der Waals surface area (Å²) in [5.74, 6) is 6.47. The monoisotopic (exact) mass is 258 g/mol. The van der Waals surface area contributed by atoms with Crippen molar-refractivity contribution in [3.63, 3.8) is 0 Å². The van der Waals surface area contributed by atoms with E-state index < -0.39 is 0 Å². The fourth-order valence-electron chi connectivity index (χ4n) is 1.92. The smallest absolute Gasteiger partial charge is 0.122 e. The van der Waals surface area contributed by atoms with Gasteiger partial charge in [0.05, 0.1) is 30.7 Å². The fraction of sp³-hybridized carbons (Fsp3) is 0.286. The third-order valence-electron chi connectivity index (χ3n) is 2.98. The molecule has 1 aromatic carbocycles. The number of nitrogens with one attached hydrogen (secondary N) is 1. The number of hydrogen-bond acceptors (Lipinski definition) is 5. The highest BCUT2D eigenvalue weighted by Gasteiger charge is 2.14. The predicted octanol–water partition coefficient (Wildman–Crippen LogP) is 1.54. The summed E-state index contributed by atoms with van der Waals surface area (Å²) < 4.78 is 5.34. The lowest BCUT2D eigenvalue weighted by Gasteiger charge is -2.16. The molecule has 5 nitrogen and oxygen atoms in total. The number of nitrogens with two attached hydrogens (primary N) is 1. The first-order valence-electron chi connectivity index (χ1n) is 6.11. The van der Waals surface area contributed by atoms with Crippen LogP contribution in [0.25, 0.3) is 0 Å². The van der Waals surface area contributed by atoms with Crippen LogP contribution in [0.4, 0.5) is 0 Å². The van der Waals surface area contributed by atoms with E-state index in [4.69, 9.17) is 10.6 Å². The first kappa shape index (κ1) is 13.5. The maximum atomic E-state index is 5.62. The second kappa shape index (κ2) is 6.26. The lowest BCUT2D eigenvalue weighted by atomic mass is 10.0. The molecule has 1 atom stereocenters. The van der Waals surface area contributed by atoms with Crippen molar-refractivity contribution < 1.29 is 4.74 Å². The van der Waals surface area contributed by atoms with Crippen LogP contribution in [0.1, 0.15) is 23.0 Å². The van der Waals surface area contributed by atoms with Crippen molar-refractivity contribution in [2.24, 2.45) is 5.84 Å². The molecule has 0 bridgehead atoms. The van der Waals surface area contributed by atoms with Gasteiger partial charge >= 0.3 is 0 Å². The molecule has 3 N–H and O–H groups in total. The highest BCUT2D eigenvalue weighted by atomic mass is 16.5. The number of ether oxygens (including phenoxy) is 1. The van der Waals surface area contributed by atoms with Crippen LogP contribution in [0.3, 0.4) is 0 Å². The molecular weight excluding hydrogens is 240 g/mol. The normalized spacial score (nSPS) is 12.2. The molecule has 19 heavy (non-hydrogen) atoms. The van der Waals surface area contributed by atoms with E-state index in [1.165, 1.54) is 0 Å². The SMILES string of the molecule is COc1ccccc1CC(NN)c1cnc(C)cn1.